The molecular formula is C16H18N2O3. The quantitative estimate of drug-likeness (QED) is 0.856. The van der Waals surface area contributed by atoms with Gasteiger partial charge in [0.15, 0.2) is 0 Å². The Labute approximate surface area is 123 Å². The van der Waals surface area contributed by atoms with Crippen LogP contribution in [-0.4, -0.2) is 25.1 Å². The fraction of sp³-hybridized carbons (Fsp3) is 0.250. The molecule has 0 saturated heterocycles. The molecule has 0 saturated carbocycles. The third-order valence-electron chi connectivity index (χ3n) is 3.02. The van der Waals surface area contributed by atoms with E-state index in [-0.39, 0.29) is 0 Å². The highest BCUT2D eigenvalue weighted by Gasteiger charge is 2.12. The largest absolute Gasteiger partial charge is 0.465 e. The van der Waals surface area contributed by atoms with E-state index in [1.165, 1.54) is 7.11 Å². The predicted octanol–water partition coefficient (Wildman–Crippen LogP) is 2.69. The number of aryl methyl sites for hydroxylation is 1. The average Bonchev–Trinajstić information content (AvgIpc) is 2.49. The van der Waals surface area contributed by atoms with E-state index in [0.29, 0.717) is 23.7 Å². The molecule has 1 N–H and O–H groups in total. The minimum absolute atomic E-state index is 0.401. The van der Waals surface area contributed by atoms with Crippen molar-refractivity contribution in [3.63, 3.8) is 0 Å². The van der Waals surface area contributed by atoms with Crippen molar-refractivity contribution < 1.29 is 14.3 Å². The monoisotopic (exact) mass is 286 g/mol. The van der Waals surface area contributed by atoms with Gasteiger partial charge in [-0.15, -0.1) is 0 Å². The van der Waals surface area contributed by atoms with Gasteiger partial charge in [0.1, 0.15) is 5.75 Å². The number of carbonyl (C=O) groups excluding carboxylic acids is 1. The number of carbonyl (C=O) groups is 1. The van der Waals surface area contributed by atoms with Crippen molar-refractivity contribution in [2.24, 2.45) is 0 Å². The minimum Gasteiger partial charge on any atom is -0.465 e. The zero-order valence-corrected chi connectivity index (χ0v) is 12.3. The van der Waals surface area contributed by atoms with Crippen LogP contribution in [0.1, 0.15) is 21.6 Å². The van der Waals surface area contributed by atoms with E-state index in [4.69, 9.17) is 9.47 Å². The summed E-state index contributed by atoms with van der Waals surface area (Å²) in [4.78, 5) is 15.8. The van der Waals surface area contributed by atoms with E-state index in [2.05, 4.69) is 10.3 Å². The molecule has 0 radical (unpaired) electrons. The first-order valence-corrected chi connectivity index (χ1v) is 6.62. The number of benzene rings is 1. The van der Waals surface area contributed by atoms with E-state index >= 15 is 0 Å². The van der Waals surface area contributed by atoms with E-state index in [0.717, 1.165) is 11.3 Å². The van der Waals surface area contributed by atoms with Crippen LogP contribution >= 0.6 is 0 Å². The number of hydrogen-bond acceptors (Lipinski definition) is 5. The van der Waals surface area contributed by atoms with E-state index < -0.39 is 5.97 Å². The maximum atomic E-state index is 11.5. The Morgan fingerprint density at radius 1 is 1.24 bits per heavy atom. The highest BCUT2D eigenvalue weighted by Crippen LogP contribution is 2.24. The first-order chi connectivity index (χ1) is 10.2. The highest BCUT2D eigenvalue weighted by atomic mass is 16.5. The number of aromatic nitrogens is 1. The number of nitrogens with one attached hydrogen (secondary N) is 1. The molecule has 0 bridgehead atoms. The van der Waals surface area contributed by atoms with E-state index in [1.807, 2.05) is 31.3 Å². The van der Waals surface area contributed by atoms with Gasteiger partial charge in [0, 0.05) is 18.2 Å². The smallest absolute Gasteiger partial charge is 0.339 e. The molecule has 0 amide bonds. The summed E-state index contributed by atoms with van der Waals surface area (Å²) < 4.78 is 10.5. The van der Waals surface area contributed by atoms with Gasteiger partial charge in [-0.05, 0) is 26.1 Å². The van der Waals surface area contributed by atoms with Gasteiger partial charge in [0.05, 0.1) is 18.4 Å². The summed E-state index contributed by atoms with van der Waals surface area (Å²) in [6.07, 6.45) is 0. The zero-order valence-electron chi connectivity index (χ0n) is 12.3. The fourth-order valence-electron chi connectivity index (χ4n) is 1.97. The topological polar surface area (TPSA) is 60.5 Å². The summed E-state index contributed by atoms with van der Waals surface area (Å²) in [6, 6.07) is 11.1. The molecule has 0 unspecified atom stereocenters. The number of ether oxygens (including phenoxy) is 2. The number of nitrogens with zero attached hydrogens (tertiary/aromatic N) is 1. The summed E-state index contributed by atoms with van der Waals surface area (Å²) in [5.74, 6) is 0.787. The highest BCUT2D eigenvalue weighted by molar-refractivity contribution is 5.90. The molecule has 0 spiro atoms. The van der Waals surface area contributed by atoms with Crippen LogP contribution in [0.25, 0.3) is 0 Å². The van der Waals surface area contributed by atoms with Crippen LogP contribution in [0.5, 0.6) is 11.6 Å². The molecular weight excluding hydrogens is 268 g/mol. The van der Waals surface area contributed by atoms with E-state index in [1.54, 1.807) is 19.1 Å². The normalized spacial score (nSPS) is 10.2. The van der Waals surface area contributed by atoms with Gasteiger partial charge in [-0.3, -0.25) is 0 Å². The summed E-state index contributed by atoms with van der Waals surface area (Å²) in [5, 5.41) is 3.09. The number of pyridine rings is 1. The fourth-order valence-corrected chi connectivity index (χ4v) is 1.97. The van der Waals surface area contributed by atoms with Crippen molar-refractivity contribution in [2.45, 2.75) is 13.5 Å². The van der Waals surface area contributed by atoms with Crippen LogP contribution in [0.2, 0.25) is 0 Å². The van der Waals surface area contributed by atoms with Crippen LogP contribution < -0.4 is 10.1 Å². The Kier molecular flexibility index (Phi) is 4.90. The predicted molar refractivity (Wildman–Crippen MR) is 79.6 cm³/mol. The lowest BCUT2D eigenvalue weighted by molar-refractivity contribution is 0.0599. The Balaban J connectivity index is 2.25. The van der Waals surface area contributed by atoms with Gasteiger partial charge in [-0.1, -0.05) is 18.2 Å². The number of hydrogen-bond donors (Lipinski definition) is 1. The van der Waals surface area contributed by atoms with Gasteiger partial charge >= 0.3 is 5.97 Å². The Morgan fingerprint density at radius 2 is 2.00 bits per heavy atom. The second-order valence-electron chi connectivity index (χ2n) is 4.51. The minimum atomic E-state index is -0.401. The molecule has 21 heavy (non-hydrogen) atoms. The zero-order chi connectivity index (χ0) is 15.2. The molecule has 5 nitrogen and oxygen atoms in total. The Morgan fingerprint density at radius 3 is 2.67 bits per heavy atom. The molecule has 0 aliphatic carbocycles. The van der Waals surface area contributed by atoms with Crippen LogP contribution in [0.15, 0.2) is 36.4 Å². The van der Waals surface area contributed by atoms with E-state index in [9.17, 15) is 4.79 Å². The lowest BCUT2D eigenvalue weighted by Crippen LogP contribution is -2.07. The van der Waals surface area contributed by atoms with Crippen LogP contribution in [0.4, 0.5) is 0 Å². The van der Waals surface area contributed by atoms with Crippen molar-refractivity contribution in [1.82, 2.24) is 10.3 Å². The van der Waals surface area contributed by atoms with Gasteiger partial charge in [0.25, 0.3) is 0 Å². The van der Waals surface area contributed by atoms with Crippen LogP contribution in [0, 0.1) is 6.92 Å². The summed E-state index contributed by atoms with van der Waals surface area (Å²) in [5.41, 5.74) is 2.05. The number of rotatable bonds is 5. The Hall–Kier alpha value is -2.40. The van der Waals surface area contributed by atoms with Crippen molar-refractivity contribution in [3.05, 3.63) is 53.2 Å². The van der Waals surface area contributed by atoms with Gasteiger partial charge in [-0.25, -0.2) is 9.78 Å². The number of esters is 1. The van der Waals surface area contributed by atoms with Crippen molar-refractivity contribution in [3.8, 4) is 11.6 Å². The average molecular weight is 286 g/mol. The third-order valence-corrected chi connectivity index (χ3v) is 3.02. The number of para-hydroxylation sites is 1. The molecule has 0 aliphatic rings. The molecule has 0 aliphatic heterocycles. The van der Waals surface area contributed by atoms with Crippen molar-refractivity contribution >= 4 is 5.97 Å². The molecule has 1 heterocycles. The molecule has 110 valence electrons. The molecule has 2 rings (SSSR count). The summed E-state index contributed by atoms with van der Waals surface area (Å²) in [7, 11) is 3.23. The Bertz CT molecular complexity index is 641. The standard InChI is InChI=1S/C16H18N2O3/c1-11-13(16(19)20-3)8-9-15(18-11)21-14-7-5-4-6-12(14)10-17-2/h4-9,17H,10H2,1-3H3. The third kappa shape index (κ3) is 3.58. The molecule has 5 heteroatoms. The molecule has 1 aromatic heterocycles. The molecule has 2 aromatic rings. The molecule has 0 atom stereocenters. The maximum Gasteiger partial charge on any atom is 0.339 e. The summed E-state index contributed by atoms with van der Waals surface area (Å²) in [6.45, 7) is 2.45. The van der Waals surface area contributed by atoms with Crippen molar-refractivity contribution in [2.75, 3.05) is 14.2 Å². The first-order valence-electron chi connectivity index (χ1n) is 6.62. The van der Waals surface area contributed by atoms with Crippen LogP contribution in [0.3, 0.4) is 0 Å². The second kappa shape index (κ2) is 6.85. The first kappa shape index (κ1) is 15.0. The molecule has 0 fully saturated rings. The van der Waals surface area contributed by atoms with Gasteiger partial charge in [0.2, 0.25) is 5.88 Å². The van der Waals surface area contributed by atoms with Crippen molar-refractivity contribution in [1.29, 1.82) is 0 Å². The van der Waals surface area contributed by atoms with Gasteiger partial charge in [-0.2, -0.15) is 0 Å². The SMILES string of the molecule is CNCc1ccccc1Oc1ccc(C(=O)OC)c(C)n1. The number of methoxy groups -OCH3 is 1. The van der Waals surface area contributed by atoms with Gasteiger partial charge < -0.3 is 14.8 Å². The summed E-state index contributed by atoms with van der Waals surface area (Å²) >= 11 is 0. The second-order valence-corrected chi connectivity index (χ2v) is 4.51. The lowest BCUT2D eigenvalue weighted by Gasteiger charge is -2.11. The van der Waals surface area contributed by atoms with Crippen LogP contribution in [-0.2, 0) is 11.3 Å². The lowest BCUT2D eigenvalue weighted by atomic mass is 10.2. The maximum absolute atomic E-state index is 11.5. The molecule has 1 aromatic carbocycles.